The van der Waals surface area contributed by atoms with Crippen LogP contribution in [0.3, 0.4) is 0 Å². The fourth-order valence-electron chi connectivity index (χ4n) is 23.0. The monoisotopic (exact) mass is 1840 g/mol. The predicted molar refractivity (Wildman–Crippen MR) is 617 cm³/mol. The Morgan fingerprint density at radius 1 is 0.0993 bits per heavy atom. The average molecular weight is 1840 g/mol. The van der Waals surface area contributed by atoms with Gasteiger partial charge in [-0.15, -0.1) is 34.0 Å². The van der Waals surface area contributed by atoms with E-state index in [0.29, 0.717) is 0 Å². The minimum Gasteiger partial charge on any atom is -0.135 e. The molecule has 0 unspecified atom stereocenters. The third-order valence-electron chi connectivity index (χ3n) is 29.5. The topological polar surface area (TPSA) is 0 Å². The molecule has 27 aromatic carbocycles. The molecule has 654 valence electrons. The molecule has 0 radical (unpaired) electrons. The van der Waals surface area contributed by atoms with Crippen molar-refractivity contribution in [3.63, 3.8) is 0 Å². The molecule has 0 bridgehead atoms. The molecule has 3 heteroatoms. The van der Waals surface area contributed by atoms with Gasteiger partial charge in [-0.2, -0.15) is 0 Å². The molecule has 30 aromatic rings. The van der Waals surface area contributed by atoms with Gasteiger partial charge in [0.25, 0.3) is 0 Å². The molecular formula is C138H84S3. The Labute approximate surface area is 826 Å². The Morgan fingerprint density at radius 3 is 0.773 bits per heavy atom. The lowest BCUT2D eigenvalue weighted by Crippen LogP contribution is -1.92. The summed E-state index contributed by atoms with van der Waals surface area (Å²) >= 11 is 5.78. The summed E-state index contributed by atoms with van der Waals surface area (Å²) in [6.07, 6.45) is 0. The minimum absolute atomic E-state index is 1.23. The molecule has 3 heterocycles. The quantitative estimate of drug-likeness (QED) is 0.126. The maximum Gasteiger partial charge on any atom is 0.0434 e. The maximum atomic E-state index is 2.37. The number of fused-ring (bicyclic) bond motifs is 23. The zero-order valence-corrected chi connectivity index (χ0v) is 79.2. The Bertz CT molecular complexity index is 10200. The first-order chi connectivity index (χ1) is 69.9. The normalized spacial score (nSPS) is 11.8. The van der Waals surface area contributed by atoms with E-state index in [1.165, 1.54) is 290 Å². The van der Waals surface area contributed by atoms with Crippen molar-refractivity contribution in [3.8, 4) is 100 Å². The van der Waals surface area contributed by atoms with Gasteiger partial charge in [0.1, 0.15) is 0 Å². The molecule has 0 aliphatic heterocycles. The summed E-state index contributed by atoms with van der Waals surface area (Å²) < 4.78 is 8.10. The van der Waals surface area contributed by atoms with Crippen LogP contribution in [0.2, 0.25) is 0 Å². The molecule has 0 saturated carbocycles. The third kappa shape index (κ3) is 13.7. The van der Waals surface area contributed by atoms with Crippen molar-refractivity contribution >= 4 is 224 Å². The fourth-order valence-corrected chi connectivity index (χ4v) is 27.0. The molecule has 0 N–H and O–H groups in total. The number of hydrogen-bond acceptors (Lipinski definition) is 3. The largest absolute Gasteiger partial charge is 0.135 e. The van der Waals surface area contributed by atoms with Crippen LogP contribution in [-0.2, 0) is 0 Å². The Hall–Kier alpha value is -17.3. The van der Waals surface area contributed by atoms with Crippen molar-refractivity contribution < 1.29 is 0 Å². The lowest BCUT2D eigenvalue weighted by Gasteiger charge is -2.20. The second kappa shape index (κ2) is 33.9. The molecule has 0 saturated heterocycles. The minimum atomic E-state index is 1.23. The summed E-state index contributed by atoms with van der Waals surface area (Å²) in [4.78, 5) is 0. The van der Waals surface area contributed by atoms with Gasteiger partial charge in [0.05, 0.1) is 0 Å². The SMILES string of the molecule is c1cc(-c2ccc3ccccc3c2)cc(-c2c3ccccc3c(-c3cccc4c3sc3c5ccccc5ccc43)c3ccccc23)c1.c1ccc(-c2c3ccccc3c(-c3cccc4c3sc3cc5ccccc5cc34)c3ccccc23)c(-c2ccc3ccccc3c2)c1.c1ccc2cc(-c3ccc(-c4c5ccccc5c(-c5cccc6c5sc5c7ccccc7ccc65)c5ccccc45)cc3)ccc2c1. The fraction of sp³-hybridized carbons (Fsp3) is 0. The van der Waals surface area contributed by atoms with Crippen molar-refractivity contribution in [2.45, 2.75) is 0 Å². The summed E-state index contributed by atoms with van der Waals surface area (Å²) in [7, 11) is 0. The van der Waals surface area contributed by atoms with E-state index in [2.05, 4.69) is 510 Å². The Morgan fingerprint density at radius 2 is 0.348 bits per heavy atom. The van der Waals surface area contributed by atoms with E-state index in [-0.39, 0.29) is 0 Å². The molecule has 141 heavy (non-hydrogen) atoms. The van der Waals surface area contributed by atoms with Gasteiger partial charge in [-0.1, -0.05) is 473 Å². The Kier molecular flexibility index (Phi) is 19.7. The van der Waals surface area contributed by atoms with Gasteiger partial charge in [-0.05, 0) is 249 Å². The summed E-state index contributed by atoms with van der Waals surface area (Å²) in [5, 5.41) is 38.8. The van der Waals surface area contributed by atoms with Crippen LogP contribution in [0.5, 0.6) is 0 Å². The third-order valence-corrected chi connectivity index (χ3v) is 33.3. The van der Waals surface area contributed by atoms with Crippen LogP contribution in [-0.4, -0.2) is 0 Å². The van der Waals surface area contributed by atoms with Crippen LogP contribution in [0.25, 0.3) is 290 Å². The number of rotatable bonds is 9. The number of hydrogen-bond donors (Lipinski definition) is 0. The van der Waals surface area contributed by atoms with Gasteiger partial charge < -0.3 is 0 Å². The molecule has 3 aromatic heterocycles. The van der Waals surface area contributed by atoms with E-state index in [1.807, 2.05) is 34.0 Å². The molecule has 0 amide bonds. The predicted octanol–water partition coefficient (Wildman–Crippen LogP) is 41.0. The van der Waals surface area contributed by atoms with Crippen LogP contribution >= 0.6 is 34.0 Å². The molecule has 0 aliphatic carbocycles. The zero-order valence-electron chi connectivity index (χ0n) is 76.7. The highest BCUT2D eigenvalue weighted by Gasteiger charge is 2.27. The highest BCUT2D eigenvalue weighted by Crippen LogP contribution is 2.55. The standard InChI is InChI=1S/3C46H28S/c1-2-13-31-27-33(24-23-29(31)11-1)32-14-9-15-34(28-32)43-36-17-5-7-19-38(36)44(39-20-8-6-18-37(39)43)42-22-10-21-40-41-26-25-30-12-3-4-16-35(30)45(41)47-46(40)42;1-2-12-33-28-34(25-22-29(33)10-1)30-20-23-32(24-21-30)43-36-14-5-7-16-38(36)44(39-17-8-6-15-37(39)43)42-19-9-18-40-41-27-26-31-11-3-4-13-35(31)45(41)47-46(40)42;1-2-13-30-26-33(25-24-29(30)12-1)34-16-5-6-17-35(34)44-36-18-7-9-20-38(36)45(39-21-10-8-19-37(39)44)41-23-11-22-40-42-27-31-14-3-4-15-32(31)28-43(42)47-46(40)41/h3*1-28H. The second-order valence-electron chi connectivity index (χ2n) is 37.3. The summed E-state index contributed by atoms with van der Waals surface area (Å²) in [5.74, 6) is 0. The molecule has 0 fully saturated rings. The first-order valence-electron chi connectivity index (χ1n) is 48.5. The van der Waals surface area contributed by atoms with Crippen molar-refractivity contribution in [1.82, 2.24) is 0 Å². The van der Waals surface area contributed by atoms with Crippen LogP contribution in [0.1, 0.15) is 0 Å². The second-order valence-corrected chi connectivity index (χ2v) is 40.4. The van der Waals surface area contributed by atoms with Crippen LogP contribution in [0.4, 0.5) is 0 Å². The first kappa shape index (κ1) is 82.0. The average Bonchev–Trinajstić information content (AvgIpc) is 1.70. The van der Waals surface area contributed by atoms with E-state index in [9.17, 15) is 0 Å². The molecule has 0 atom stereocenters. The van der Waals surface area contributed by atoms with E-state index in [4.69, 9.17) is 0 Å². The van der Waals surface area contributed by atoms with Crippen molar-refractivity contribution in [2.75, 3.05) is 0 Å². The van der Waals surface area contributed by atoms with Crippen LogP contribution in [0.15, 0.2) is 510 Å². The maximum absolute atomic E-state index is 2.37. The smallest absolute Gasteiger partial charge is 0.0434 e. The highest BCUT2D eigenvalue weighted by atomic mass is 32.1. The highest BCUT2D eigenvalue weighted by molar-refractivity contribution is 7.28. The van der Waals surface area contributed by atoms with Gasteiger partial charge in [-0.25, -0.2) is 0 Å². The Balaban J connectivity index is 0.000000104. The zero-order chi connectivity index (χ0) is 92.7. The van der Waals surface area contributed by atoms with Gasteiger partial charge in [-0.3, -0.25) is 0 Å². The molecule has 0 aliphatic rings. The molecule has 30 rings (SSSR count). The van der Waals surface area contributed by atoms with Crippen molar-refractivity contribution in [1.29, 1.82) is 0 Å². The van der Waals surface area contributed by atoms with Crippen LogP contribution < -0.4 is 0 Å². The molecule has 0 nitrogen and oxygen atoms in total. The molecule has 0 spiro atoms. The van der Waals surface area contributed by atoms with Gasteiger partial charge >= 0.3 is 0 Å². The lowest BCUT2D eigenvalue weighted by molar-refractivity contribution is 1.62. The molecular weight excluding hydrogens is 1750 g/mol. The van der Waals surface area contributed by atoms with Crippen molar-refractivity contribution in [3.05, 3.63) is 510 Å². The van der Waals surface area contributed by atoms with Gasteiger partial charge in [0.15, 0.2) is 0 Å². The summed E-state index contributed by atoms with van der Waals surface area (Å²) in [6.45, 7) is 0. The lowest BCUT2D eigenvalue weighted by atomic mass is 9.83. The number of thiophene rings is 3. The number of benzene rings is 27. The van der Waals surface area contributed by atoms with E-state index in [0.717, 1.165) is 0 Å². The van der Waals surface area contributed by atoms with Crippen molar-refractivity contribution in [2.24, 2.45) is 0 Å². The van der Waals surface area contributed by atoms with E-state index < -0.39 is 0 Å². The summed E-state index contributed by atoms with van der Waals surface area (Å²) in [5.41, 5.74) is 22.9. The van der Waals surface area contributed by atoms with E-state index >= 15 is 0 Å². The van der Waals surface area contributed by atoms with Crippen LogP contribution in [0, 0.1) is 0 Å². The summed E-state index contributed by atoms with van der Waals surface area (Å²) in [6, 6.07) is 188. The first-order valence-corrected chi connectivity index (χ1v) is 51.0. The van der Waals surface area contributed by atoms with Gasteiger partial charge in [0, 0.05) is 77.2 Å². The van der Waals surface area contributed by atoms with E-state index in [1.54, 1.807) is 0 Å². The van der Waals surface area contributed by atoms with Gasteiger partial charge in [0.2, 0.25) is 0 Å².